The van der Waals surface area contributed by atoms with Crippen LogP contribution in [0, 0.1) is 26.7 Å². The zero-order valence-electron chi connectivity index (χ0n) is 12.2. The Morgan fingerprint density at radius 2 is 1.41 bits per heavy atom. The Labute approximate surface area is 106 Å². The van der Waals surface area contributed by atoms with Crippen LogP contribution in [-0.4, -0.2) is 0 Å². The Morgan fingerprint density at radius 1 is 0.824 bits per heavy atom. The van der Waals surface area contributed by atoms with Gasteiger partial charge in [-0.15, -0.1) is 0 Å². The lowest BCUT2D eigenvalue weighted by atomic mass is 9.71. The average molecular weight is 228 g/mol. The van der Waals surface area contributed by atoms with E-state index in [0.29, 0.717) is 11.8 Å². The van der Waals surface area contributed by atoms with E-state index in [-0.39, 0.29) is 0 Å². The maximum absolute atomic E-state index is 2.38. The summed E-state index contributed by atoms with van der Waals surface area (Å²) in [5.74, 6) is 1.32. The molecule has 0 saturated carbocycles. The first-order chi connectivity index (χ1) is 7.86. The van der Waals surface area contributed by atoms with Crippen LogP contribution in [0.1, 0.15) is 61.4 Å². The summed E-state index contributed by atoms with van der Waals surface area (Å²) in [5.41, 5.74) is 10.6. The molecule has 0 radical (unpaired) electrons. The molecule has 1 aromatic rings. The van der Waals surface area contributed by atoms with Crippen molar-refractivity contribution in [2.75, 3.05) is 0 Å². The molecule has 0 aromatic heterocycles. The van der Waals surface area contributed by atoms with E-state index in [1.165, 1.54) is 27.8 Å². The predicted octanol–water partition coefficient (Wildman–Crippen LogP) is 5.16. The number of benzene rings is 1. The van der Waals surface area contributed by atoms with Gasteiger partial charge in [0.25, 0.3) is 0 Å². The predicted molar refractivity (Wildman–Crippen MR) is 76.5 cm³/mol. The van der Waals surface area contributed by atoms with Gasteiger partial charge in [0, 0.05) is 0 Å². The van der Waals surface area contributed by atoms with Crippen LogP contribution in [-0.2, 0) is 0 Å². The lowest BCUT2D eigenvalue weighted by molar-refractivity contribution is 0.548. The summed E-state index contributed by atoms with van der Waals surface area (Å²) < 4.78 is 0. The van der Waals surface area contributed by atoms with Crippen LogP contribution < -0.4 is 0 Å². The molecule has 1 aliphatic rings. The van der Waals surface area contributed by atoms with Crippen LogP contribution in [0.4, 0.5) is 0 Å². The zero-order chi connectivity index (χ0) is 12.9. The van der Waals surface area contributed by atoms with Crippen molar-refractivity contribution in [3.8, 4) is 0 Å². The number of rotatable bonds is 0. The first-order valence-corrected chi connectivity index (χ1v) is 6.64. The number of aryl methyl sites for hydroxylation is 2. The molecule has 0 aliphatic heterocycles. The molecule has 17 heavy (non-hydrogen) atoms. The van der Waals surface area contributed by atoms with E-state index in [1.54, 1.807) is 11.1 Å². The molecular weight excluding hydrogens is 204 g/mol. The van der Waals surface area contributed by atoms with E-state index in [2.05, 4.69) is 54.5 Å². The largest absolute Gasteiger partial charge is 0.0664 e. The van der Waals surface area contributed by atoms with Crippen molar-refractivity contribution in [1.29, 1.82) is 0 Å². The second-order valence-corrected chi connectivity index (χ2v) is 5.81. The Hall–Kier alpha value is -1.04. The molecule has 0 amide bonds. The van der Waals surface area contributed by atoms with Crippen molar-refractivity contribution in [3.05, 3.63) is 39.5 Å². The summed E-state index contributed by atoms with van der Waals surface area (Å²) in [6, 6.07) is 2.35. The van der Waals surface area contributed by atoms with Gasteiger partial charge in [0.2, 0.25) is 0 Å². The van der Waals surface area contributed by atoms with Gasteiger partial charge >= 0.3 is 0 Å². The maximum Gasteiger partial charge on any atom is -0.0119 e. The van der Waals surface area contributed by atoms with E-state index in [9.17, 15) is 0 Å². The highest BCUT2D eigenvalue weighted by molar-refractivity contribution is 5.76. The van der Waals surface area contributed by atoms with Crippen LogP contribution >= 0.6 is 0 Å². The third kappa shape index (κ3) is 1.66. The van der Waals surface area contributed by atoms with Crippen LogP contribution in [0.5, 0.6) is 0 Å². The molecule has 1 aliphatic carbocycles. The topological polar surface area (TPSA) is 0 Å². The van der Waals surface area contributed by atoms with Gasteiger partial charge in [-0.05, 0) is 79.8 Å². The van der Waals surface area contributed by atoms with Crippen LogP contribution in [0.15, 0.2) is 11.6 Å². The number of allylic oxidation sites excluding steroid dienone is 2. The zero-order valence-corrected chi connectivity index (χ0v) is 12.2. The fourth-order valence-corrected chi connectivity index (χ4v) is 3.34. The van der Waals surface area contributed by atoms with E-state index in [0.717, 1.165) is 0 Å². The highest BCUT2D eigenvalue weighted by atomic mass is 14.3. The third-order valence-electron chi connectivity index (χ3n) is 4.95. The molecule has 0 N–H and O–H groups in total. The molecule has 2 rings (SSSR count). The lowest BCUT2D eigenvalue weighted by Gasteiger charge is -2.34. The Bertz CT molecular complexity index is 503. The molecule has 0 bridgehead atoms. The van der Waals surface area contributed by atoms with E-state index >= 15 is 0 Å². The minimum Gasteiger partial charge on any atom is -0.0664 e. The molecule has 92 valence electrons. The third-order valence-corrected chi connectivity index (χ3v) is 4.95. The smallest absolute Gasteiger partial charge is 0.0119 e. The quantitative estimate of drug-likeness (QED) is 0.575. The number of fused-ring (bicyclic) bond motifs is 1. The highest BCUT2D eigenvalue weighted by Crippen LogP contribution is 2.45. The fraction of sp³-hybridized carbons (Fsp3) is 0.529. The summed E-state index contributed by atoms with van der Waals surface area (Å²) >= 11 is 0. The van der Waals surface area contributed by atoms with Gasteiger partial charge in [-0.25, -0.2) is 0 Å². The maximum atomic E-state index is 2.38. The van der Waals surface area contributed by atoms with Gasteiger partial charge in [0.05, 0.1) is 0 Å². The minimum atomic E-state index is 0.646. The van der Waals surface area contributed by atoms with Gasteiger partial charge in [-0.2, -0.15) is 0 Å². The summed E-state index contributed by atoms with van der Waals surface area (Å²) in [5, 5.41) is 0. The molecule has 0 heteroatoms. The van der Waals surface area contributed by atoms with Crippen molar-refractivity contribution >= 4 is 5.57 Å². The van der Waals surface area contributed by atoms with Crippen LogP contribution in [0.2, 0.25) is 0 Å². The average Bonchev–Trinajstić information content (AvgIpc) is 2.28. The number of hydrogen-bond acceptors (Lipinski definition) is 0. The van der Waals surface area contributed by atoms with E-state index in [4.69, 9.17) is 0 Å². The molecule has 2 unspecified atom stereocenters. The Balaban J connectivity index is 2.85. The van der Waals surface area contributed by atoms with Crippen molar-refractivity contribution in [2.24, 2.45) is 5.92 Å². The second kappa shape index (κ2) is 4.01. The molecular formula is C17H24. The molecule has 1 aromatic carbocycles. The van der Waals surface area contributed by atoms with E-state index in [1.807, 2.05) is 0 Å². The molecule has 0 fully saturated rings. The summed E-state index contributed by atoms with van der Waals surface area (Å²) in [6.45, 7) is 16.1. The van der Waals surface area contributed by atoms with Crippen molar-refractivity contribution in [2.45, 2.75) is 54.4 Å². The fourth-order valence-electron chi connectivity index (χ4n) is 3.34. The van der Waals surface area contributed by atoms with Crippen LogP contribution in [0.25, 0.3) is 5.57 Å². The standard InChI is InChI=1S/C17H24/c1-9-8-10(2)16-14(6)12(4)13(5)15(7)17(16)11(9)3/h8,12,14H,1-7H3. The van der Waals surface area contributed by atoms with Gasteiger partial charge in [-0.1, -0.05) is 25.5 Å². The molecule has 0 nitrogen and oxygen atoms in total. The first-order valence-electron chi connectivity index (χ1n) is 6.64. The highest BCUT2D eigenvalue weighted by Gasteiger charge is 2.28. The molecule has 0 spiro atoms. The lowest BCUT2D eigenvalue weighted by Crippen LogP contribution is -2.18. The van der Waals surface area contributed by atoms with Crippen molar-refractivity contribution in [1.82, 2.24) is 0 Å². The summed E-state index contributed by atoms with van der Waals surface area (Å²) in [4.78, 5) is 0. The van der Waals surface area contributed by atoms with Crippen molar-refractivity contribution in [3.63, 3.8) is 0 Å². The SMILES string of the molecule is CC1=C(C)C(C)C(C)c2c(C)cc(C)c(C)c21. The first kappa shape index (κ1) is 12.4. The van der Waals surface area contributed by atoms with Gasteiger partial charge < -0.3 is 0 Å². The molecule has 0 heterocycles. The molecule has 0 saturated heterocycles. The summed E-state index contributed by atoms with van der Waals surface area (Å²) in [7, 11) is 0. The van der Waals surface area contributed by atoms with Gasteiger partial charge in [-0.3, -0.25) is 0 Å². The minimum absolute atomic E-state index is 0.646. The normalized spacial score (nSPS) is 23.9. The van der Waals surface area contributed by atoms with E-state index < -0.39 is 0 Å². The molecule has 2 atom stereocenters. The monoisotopic (exact) mass is 228 g/mol. The van der Waals surface area contributed by atoms with Crippen molar-refractivity contribution < 1.29 is 0 Å². The Kier molecular flexibility index (Phi) is 2.93. The second-order valence-electron chi connectivity index (χ2n) is 5.81. The summed E-state index contributed by atoms with van der Waals surface area (Å²) in [6.07, 6.45) is 0. The van der Waals surface area contributed by atoms with Gasteiger partial charge in [0.15, 0.2) is 0 Å². The van der Waals surface area contributed by atoms with Crippen LogP contribution in [0.3, 0.4) is 0 Å². The Morgan fingerprint density at radius 3 is 2.00 bits per heavy atom. The van der Waals surface area contributed by atoms with Gasteiger partial charge in [0.1, 0.15) is 0 Å². The number of hydrogen-bond donors (Lipinski definition) is 0.